The van der Waals surface area contributed by atoms with Crippen LogP contribution in [0.3, 0.4) is 0 Å². The second-order valence-corrected chi connectivity index (χ2v) is 7.97. The average Bonchev–Trinajstić information content (AvgIpc) is 2.67. The Bertz CT molecular complexity index is 1040. The van der Waals surface area contributed by atoms with Crippen LogP contribution in [0.25, 0.3) is 11.1 Å². The van der Waals surface area contributed by atoms with Gasteiger partial charge in [0.2, 0.25) is 0 Å². The van der Waals surface area contributed by atoms with Gasteiger partial charge < -0.3 is 9.84 Å². The predicted molar refractivity (Wildman–Crippen MR) is 111 cm³/mol. The van der Waals surface area contributed by atoms with Crippen molar-refractivity contribution in [3.8, 4) is 16.9 Å². The van der Waals surface area contributed by atoms with Gasteiger partial charge in [0, 0.05) is 11.4 Å². The molecule has 3 aromatic rings. The van der Waals surface area contributed by atoms with E-state index in [1.165, 1.54) is 0 Å². The monoisotopic (exact) mass is 392 g/mol. The number of aryl methyl sites for hydroxylation is 1. The van der Waals surface area contributed by atoms with E-state index in [-0.39, 0.29) is 5.60 Å². The normalized spacial score (nSPS) is 18.2. The second kappa shape index (κ2) is 7.33. The number of carboxylic acids is 1. The molecule has 0 fully saturated rings. The fourth-order valence-electron chi connectivity index (χ4n) is 3.88. The van der Waals surface area contributed by atoms with Crippen molar-refractivity contribution in [1.82, 2.24) is 0 Å². The van der Waals surface area contributed by atoms with Gasteiger partial charge in [0.25, 0.3) is 0 Å². The van der Waals surface area contributed by atoms with Crippen LogP contribution in [0.5, 0.6) is 5.75 Å². The van der Waals surface area contributed by atoms with E-state index in [9.17, 15) is 9.90 Å². The van der Waals surface area contributed by atoms with E-state index >= 15 is 0 Å². The van der Waals surface area contributed by atoms with E-state index in [1.807, 2.05) is 42.5 Å². The maximum absolute atomic E-state index is 11.5. The summed E-state index contributed by atoms with van der Waals surface area (Å²) >= 11 is 6.12. The first-order valence-electron chi connectivity index (χ1n) is 9.33. The first-order chi connectivity index (χ1) is 13.4. The maximum atomic E-state index is 11.5. The van der Waals surface area contributed by atoms with Crippen molar-refractivity contribution < 1.29 is 14.6 Å². The van der Waals surface area contributed by atoms with Gasteiger partial charge in [-0.25, -0.2) is 4.79 Å². The summed E-state index contributed by atoms with van der Waals surface area (Å²) in [5, 5.41) is 10.2. The van der Waals surface area contributed by atoms with Crippen LogP contribution in [0.2, 0.25) is 5.02 Å². The van der Waals surface area contributed by atoms with Gasteiger partial charge in [0.15, 0.2) is 0 Å². The molecule has 0 radical (unpaired) electrons. The Morgan fingerprint density at radius 2 is 1.93 bits per heavy atom. The minimum Gasteiger partial charge on any atom is -0.487 e. The van der Waals surface area contributed by atoms with Gasteiger partial charge in [-0.1, -0.05) is 48.0 Å². The van der Waals surface area contributed by atoms with Crippen molar-refractivity contribution in [3.63, 3.8) is 0 Å². The molecule has 1 heterocycles. The van der Waals surface area contributed by atoms with Crippen LogP contribution < -0.4 is 4.74 Å². The van der Waals surface area contributed by atoms with Crippen molar-refractivity contribution in [3.05, 3.63) is 88.4 Å². The molecule has 1 atom stereocenters. The van der Waals surface area contributed by atoms with E-state index in [1.54, 1.807) is 12.1 Å². The number of fused-ring (bicyclic) bond motifs is 1. The van der Waals surface area contributed by atoms with Crippen LogP contribution in [-0.2, 0) is 12.8 Å². The summed E-state index contributed by atoms with van der Waals surface area (Å²) in [5.41, 5.74) is 3.92. The predicted octanol–water partition coefficient (Wildman–Crippen LogP) is 6.03. The molecule has 4 heteroatoms. The van der Waals surface area contributed by atoms with Crippen LogP contribution in [0, 0.1) is 0 Å². The van der Waals surface area contributed by atoms with E-state index in [0.29, 0.717) is 5.56 Å². The second-order valence-electron chi connectivity index (χ2n) is 7.53. The standard InChI is InChI=1S/C24H21ClO3/c1-24(15-16-5-4-6-19(25)13-16)12-11-18-14-17(9-10-22(18)28-24)20-7-2-3-8-21(20)23(26)27/h2-10,13-14H,11-12,15H2,1H3,(H,26,27). The Morgan fingerprint density at radius 3 is 2.71 bits per heavy atom. The van der Waals surface area contributed by atoms with E-state index in [4.69, 9.17) is 16.3 Å². The lowest BCUT2D eigenvalue weighted by Gasteiger charge is -2.36. The molecule has 1 unspecified atom stereocenters. The zero-order valence-electron chi connectivity index (χ0n) is 15.6. The summed E-state index contributed by atoms with van der Waals surface area (Å²) in [4.78, 5) is 11.5. The van der Waals surface area contributed by atoms with Crippen LogP contribution in [0.4, 0.5) is 0 Å². The molecule has 0 spiro atoms. The molecular weight excluding hydrogens is 372 g/mol. The minimum atomic E-state index is -0.918. The quantitative estimate of drug-likeness (QED) is 0.589. The average molecular weight is 393 g/mol. The number of carboxylic acid groups (broad SMARTS) is 1. The largest absolute Gasteiger partial charge is 0.487 e. The van der Waals surface area contributed by atoms with Gasteiger partial charge in [0.1, 0.15) is 11.4 Å². The molecule has 1 aliphatic rings. The lowest BCUT2D eigenvalue weighted by Crippen LogP contribution is -2.38. The van der Waals surface area contributed by atoms with Crippen LogP contribution in [0.15, 0.2) is 66.7 Å². The minimum absolute atomic E-state index is 0.293. The van der Waals surface area contributed by atoms with Crippen molar-refractivity contribution in [1.29, 1.82) is 0 Å². The number of ether oxygens (including phenoxy) is 1. The Kier molecular flexibility index (Phi) is 4.86. The first-order valence-corrected chi connectivity index (χ1v) is 9.70. The van der Waals surface area contributed by atoms with Crippen LogP contribution in [-0.4, -0.2) is 16.7 Å². The number of hydrogen-bond acceptors (Lipinski definition) is 2. The third kappa shape index (κ3) is 3.76. The molecule has 0 aromatic heterocycles. The van der Waals surface area contributed by atoms with Gasteiger partial charge in [-0.2, -0.15) is 0 Å². The summed E-state index contributed by atoms with van der Waals surface area (Å²) in [5.74, 6) is -0.0500. The number of rotatable bonds is 4. The van der Waals surface area contributed by atoms with Gasteiger partial charge in [0.05, 0.1) is 5.56 Å². The fourth-order valence-corrected chi connectivity index (χ4v) is 4.09. The highest BCUT2D eigenvalue weighted by atomic mass is 35.5. The lowest BCUT2D eigenvalue weighted by atomic mass is 9.86. The maximum Gasteiger partial charge on any atom is 0.336 e. The summed E-state index contributed by atoms with van der Waals surface area (Å²) in [6.45, 7) is 2.13. The van der Waals surface area contributed by atoms with Gasteiger partial charge in [-0.15, -0.1) is 0 Å². The Balaban J connectivity index is 1.61. The Hall–Kier alpha value is -2.78. The number of aromatic carboxylic acids is 1. The third-order valence-corrected chi connectivity index (χ3v) is 5.51. The van der Waals surface area contributed by atoms with Crippen molar-refractivity contribution in [2.75, 3.05) is 0 Å². The molecule has 1 N–H and O–H groups in total. The lowest BCUT2D eigenvalue weighted by molar-refractivity contribution is 0.0654. The highest BCUT2D eigenvalue weighted by molar-refractivity contribution is 6.30. The highest BCUT2D eigenvalue weighted by Gasteiger charge is 2.32. The first kappa shape index (κ1) is 18.6. The molecule has 0 amide bonds. The highest BCUT2D eigenvalue weighted by Crippen LogP contribution is 2.38. The van der Waals surface area contributed by atoms with Crippen LogP contribution in [0.1, 0.15) is 34.8 Å². The van der Waals surface area contributed by atoms with E-state index in [2.05, 4.69) is 19.1 Å². The smallest absolute Gasteiger partial charge is 0.336 e. The summed E-state index contributed by atoms with van der Waals surface area (Å²) in [7, 11) is 0. The number of benzene rings is 3. The molecule has 0 saturated carbocycles. The van der Waals surface area contributed by atoms with Crippen molar-refractivity contribution >= 4 is 17.6 Å². The molecule has 0 aliphatic carbocycles. The number of hydrogen-bond donors (Lipinski definition) is 1. The molecule has 142 valence electrons. The van der Waals surface area contributed by atoms with Gasteiger partial charge in [-0.05, 0) is 72.4 Å². The summed E-state index contributed by atoms with van der Waals surface area (Å²) in [6, 6.07) is 20.9. The molecule has 3 aromatic carbocycles. The van der Waals surface area contributed by atoms with E-state index in [0.717, 1.165) is 52.3 Å². The topological polar surface area (TPSA) is 46.5 Å². The van der Waals surface area contributed by atoms with Crippen molar-refractivity contribution in [2.24, 2.45) is 0 Å². The third-order valence-electron chi connectivity index (χ3n) is 5.28. The van der Waals surface area contributed by atoms with Gasteiger partial charge in [-0.3, -0.25) is 0 Å². The Labute approximate surface area is 169 Å². The summed E-state index contributed by atoms with van der Waals surface area (Å²) < 4.78 is 6.37. The fraction of sp³-hybridized carbons (Fsp3) is 0.208. The Morgan fingerprint density at radius 1 is 1.11 bits per heavy atom. The molecule has 0 bridgehead atoms. The summed E-state index contributed by atoms with van der Waals surface area (Å²) in [6.07, 6.45) is 2.56. The van der Waals surface area contributed by atoms with Crippen molar-refractivity contribution in [2.45, 2.75) is 31.8 Å². The molecular formula is C24H21ClO3. The zero-order valence-corrected chi connectivity index (χ0v) is 16.4. The number of halogens is 1. The van der Waals surface area contributed by atoms with Crippen LogP contribution >= 0.6 is 11.6 Å². The SMILES string of the molecule is CC1(Cc2cccc(Cl)c2)CCc2cc(-c3ccccc3C(=O)O)ccc2O1. The van der Waals surface area contributed by atoms with E-state index < -0.39 is 5.97 Å². The molecule has 1 aliphatic heterocycles. The molecule has 3 nitrogen and oxygen atoms in total. The van der Waals surface area contributed by atoms with Gasteiger partial charge >= 0.3 is 5.97 Å². The number of carbonyl (C=O) groups is 1. The molecule has 0 saturated heterocycles. The molecule has 4 rings (SSSR count). The molecule has 28 heavy (non-hydrogen) atoms. The zero-order chi connectivity index (χ0) is 19.7.